The standard InChI is InChI=1S/C16H20BrN3O/c1-11-9-13(17)15-18-12(2)14(20(15)10-11)16(21)19-7-5-3-4-6-8-19/h9-10H,3-8H2,1-2H3. The van der Waals surface area contributed by atoms with E-state index in [0.717, 1.165) is 47.3 Å². The van der Waals surface area contributed by atoms with Crippen LogP contribution in [-0.4, -0.2) is 33.3 Å². The van der Waals surface area contributed by atoms with Crippen molar-refractivity contribution in [3.8, 4) is 0 Å². The Balaban J connectivity index is 2.06. The van der Waals surface area contributed by atoms with Crippen LogP contribution in [0.15, 0.2) is 16.7 Å². The first-order valence-electron chi connectivity index (χ1n) is 7.52. The maximum absolute atomic E-state index is 12.9. The van der Waals surface area contributed by atoms with Crippen molar-refractivity contribution in [2.75, 3.05) is 13.1 Å². The number of carbonyl (C=O) groups is 1. The van der Waals surface area contributed by atoms with Gasteiger partial charge in [-0.05, 0) is 54.2 Å². The summed E-state index contributed by atoms with van der Waals surface area (Å²) in [4.78, 5) is 19.5. The summed E-state index contributed by atoms with van der Waals surface area (Å²) in [7, 11) is 0. The number of imidazole rings is 1. The molecule has 3 rings (SSSR count). The molecule has 112 valence electrons. The summed E-state index contributed by atoms with van der Waals surface area (Å²) < 4.78 is 2.86. The van der Waals surface area contributed by atoms with Crippen LogP contribution in [-0.2, 0) is 0 Å². The zero-order valence-electron chi connectivity index (χ0n) is 12.5. The molecule has 1 aliphatic rings. The molecule has 1 aliphatic heterocycles. The third kappa shape index (κ3) is 2.71. The number of fused-ring (bicyclic) bond motifs is 1. The van der Waals surface area contributed by atoms with Crippen molar-refractivity contribution in [1.82, 2.24) is 14.3 Å². The summed E-state index contributed by atoms with van der Waals surface area (Å²) in [5, 5.41) is 0. The summed E-state index contributed by atoms with van der Waals surface area (Å²) in [6.07, 6.45) is 6.64. The van der Waals surface area contributed by atoms with Crippen LogP contribution in [0.5, 0.6) is 0 Å². The van der Waals surface area contributed by atoms with Crippen molar-refractivity contribution < 1.29 is 4.79 Å². The van der Waals surface area contributed by atoms with Gasteiger partial charge < -0.3 is 4.90 Å². The Kier molecular flexibility index (Phi) is 4.02. The van der Waals surface area contributed by atoms with Gasteiger partial charge in [0.2, 0.25) is 0 Å². The second kappa shape index (κ2) is 5.79. The first-order chi connectivity index (χ1) is 10.1. The number of halogens is 1. The summed E-state index contributed by atoms with van der Waals surface area (Å²) in [5.74, 6) is 0.111. The van der Waals surface area contributed by atoms with Crippen LogP contribution in [0.1, 0.15) is 47.4 Å². The van der Waals surface area contributed by atoms with Crippen molar-refractivity contribution in [1.29, 1.82) is 0 Å². The van der Waals surface area contributed by atoms with Gasteiger partial charge in [0.15, 0.2) is 5.65 Å². The second-order valence-electron chi connectivity index (χ2n) is 5.81. The minimum atomic E-state index is 0.111. The number of aryl methyl sites for hydroxylation is 2. The third-order valence-electron chi connectivity index (χ3n) is 4.08. The van der Waals surface area contributed by atoms with Gasteiger partial charge in [0.25, 0.3) is 5.91 Å². The van der Waals surface area contributed by atoms with E-state index in [0.29, 0.717) is 5.69 Å². The molecular formula is C16H20BrN3O. The number of nitrogens with zero attached hydrogens (tertiary/aromatic N) is 3. The molecule has 1 fully saturated rings. The molecule has 3 heterocycles. The van der Waals surface area contributed by atoms with Crippen molar-refractivity contribution in [3.05, 3.63) is 33.7 Å². The highest BCUT2D eigenvalue weighted by atomic mass is 79.9. The van der Waals surface area contributed by atoms with E-state index in [9.17, 15) is 4.79 Å². The Morgan fingerprint density at radius 1 is 1.19 bits per heavy atom. The lowest BCUT2D eigenvalue weighted by Gasteiger charge is -2.20. The fourth-order valence-electron chi connectivity index (χ4n) is 3.03. The van der Waals surface area contributed by atoms with Crippen LogP contribution in [0.25, 0.3) is 5.65 Å². The number of rotatable bonds is 1. The minimum absolute atomic E-state index is 0.111. The molecule has 2 aromatic heterocycles. The summed E-state index contributed by atoms with van der Waals surface area (Å²) in [6, 6.07) is 2.03. The van der Waals surface area contributed by atoms with Gasteiger partial charge in [-0.3, -0.25) is 9.20 Å². The maximum Gasteiger partial charge on any atom is 0.272 e. The molecule has 1 amide bonds. The molecule has 1 saturated heterocycles. The monoisotopic (exact) mass is 349 g/mol. The smallest absolute Gasteiger partial charge is 0.272 e. The van der Waals surface area contributed by atoms with E-state index < -0.39 is 0 Å². The van der Waals surface area contributed by atoms with Crippen LogP contribution in [0.3, 0.4) is 0 Å². The predicted octanol–water partition coefficient (Wildman–Crippen LogP) is 3.73. The lowest BCUT2D eigenvalue weighted by Crippen LogP contribution is -2.33. The highest BCUT2D eigenvalue weighted by Gasteiger charge is 2.24. The fourth-order valence-corrected chi connectivity index (χ4v) is 3.67. The lowest BCUT2D eigenvalue weighted by molar-refractivity contribution is 0.0754. The van der Waals surface area contributed by atoms with Gasteiger partial charge in [0, 0.05) is 19.3 Å². The Labute approximate surface area is 133 Å². The molecule has 0 saturated carbocycles. The molecule has 0 bridgehead atoms. The Hall–Kier alpha value is -1.36. The number of carbonyl (C=O) groups excluding carboxylic acids is 1. The normalized spacial score (nSPS) is 16.2. The molecule has 21 heavy (non-hydrogen) atoms. The molecule has 0 aromatic carbocycles. The molecular weight excluding hydrogens is 330 g/mol. The van der Waals surface area contributed by atoms with Gasteiger partial charge >= 0.3 is 0 Å². The topological polar surface area (TPSA) is 37.6 Å². The van der Waals surface area contributed by atoms with E-state index in [-0.39, 0.29) is 5.91 Å². The van der Waals surface area contributed by atoms with Gasteiger partial charge in [0.05, 0.1) is 10.2 Å². The van der Waals surface area contributed by atoms with Crippen molar-refractivity contribution in [3.63, 3.8) is 0 Å². The third-order valence-corrected chi connectivity index (χ3v) is 4.67. The molecule has 0 unspecified atom stereocenters. The van der Waals surface area contributed by atoms with Gasteiger partial charge in [-0.15, -0.1) is 0 Å². The average molecular weight is 350 g/mol. The predicted molar refractivity (Wildman–Crippen MR) is 86.7 cm³/mol. The van der Waals surface area contributed by atoms with Crippen LogP contribution in [0, 0.1) is 13.8 Å². The van der Waals surface area contributed by atoms with Crippen LogP contribution in [0.2, 0.25) is 0 Å². The van der Waals surface area contributed by atoms with Crippen LogP contribution in [0.4, 0.5) is 0 Å². The number of aromatic nitrogens is 2. The van der Waals surface area contributed by atoms with Crippen molar-refractivity contribution in [2.45, 2.75) is 39.5 Å². The maximum atomic E-state index is 12.9. The lowest BCUT2D eigenvalue weighted by atomic mass is 10.2. The first kappa shape index (κ1) is 14.6. The highest BCUT2D eigenvalue weighted by Crippen LogP contribution is 2.24. The van der Waals surface area contributed by atoms with E-state index in [1.165, 1.54) is 12.8 Å². The molecule has 0 aliphatic carbocycles. The largest absolute Gasteiger partial charge is 0.337 e. The fraction of sp³-hybridized carbons (Fsp3) is 0.500. The quantitative estimate of drug-likeness (QED) is 0.786. The molecule has 5 heteroatoms. The van der Waals surface area contributed by atoms with E-state index >= 15 is 0 Å². The van der Waals surface area contributed by atoms with Gasteiger partial charge in [0.1, 0.15) is 5.69 Å². The van der Waals surface area contributed by atoms with E-state index in [4.69, 9.17) is 0 Å². The molecule has 0 radical (unpaired) electrons. The molecule has 4 nitrogen and oxygen atoms in total. The van der Waals surface area contributed by atoms with E-state index in [1.54, 1.807) is 0 Å². The van der Waals surface area contributed by atoms with Gasteiger partial charge in [-0.25, -0.2) is 4.98 Å². The zero-order chi connectivity index (χ0) is 15.0. The van der Waals surface area contributed by atoms with Crippen molar-refractivity contribution in [2.24, 2.45) is 0 Å². The summed E-state index contributed by atoms with van der Waals surface area (Å²) in [6.45, 7) is 5.66. The number of amides is 1. The number of pyridine rings is 1. The molecule has 0 spiro atoms. The highest BCUT2D eigenvalue weighted by molar-refractivity contribution is 9.10. The van der Waals surface area contributed by atoms with Crippen LogP contribution < -0.4 is 0 Å². The molecule has 0 atom stereocenters. The van der Waals surface area contributed by atoms with E-state index in [1.807, 2.05) is 35.4 Å². The van der Waals surface area contributed by atoms with Gasteiger partial charge in [-0.1, -0.05) is 12.8 Å². The van der Waals surface area contributed by atoms with E-state index in [2.05, 4.69) is 20.9 Å². The number of likely N-dealkylation sites (tertiary alicyclic amines) is 1. The molecule has 0 N–H and O–H groups in total. The zero-order valence-corrected chi connectivity index (χ0v) is 14.1. The Bertz CT molecular complexity index is 684. The number of hydrogen-bond donors (Lipinski definition) is 0. The van der Waals surface area contributed by atoms with Crippen molar-refractivity contribution >= 4 is 27.5 Å². The second-order valence-corrected chi connectivity index (χ2v) is 6.67. The molecule has 2 aromatic rings. The van der Waals surface area contributed by atoms with Gasteiger partial charge in [-0.2, -0.15) is 0 Å². The number of hydrogen-bond acceptors (Lipinski definition) is 2. The first-order valence-corrected chi connectivity index (χ1v) is 8.31. The summed E-state index contributed by atoms with van der Waals surface area (Å²) >= 11 is 3.54. The SMILES string of the molecule is Cc1cc(Br)c2nc(C)c(C(=O)N3CCCCCC3)n2c1. The summed E-state index contributed by atoms with van der Waals surface area (Å²) in [5.41, 5.74) is 3.43. The van der Waals surface area contributed by atoms with Crippen LogP contribution >= 0.6 is 15.9 Å². The Morgan fingerprint density at radius 2 is 1.86 bits per heavy atom. The minimum Gasteiger partial charge on any atom is -0.337 e. The Morgan fingerprint density at radius 3 is 2.52 bits per heavy atom. The average Bonchev–Trinajstić information content (AvgIpc) is 2.64.